The molecule has 2 aliphatic rings. The first-order valence-corrected chi connectivity index (χ1v) is 12.3. The molecule has 1 saturated carbocycles. The van der Waals surface area contributed by atoms with E-state index < -0.39 is 21.8 Å². The summed E-state index contributed by atoms with van der Waals surface area (Å²) in [4.78, 5) is 27.0. The molecule has 1 aliphatic heterocycles. The van der Waals surface area contributed by atoms with E-state index in [0.717, 1.165) is 49.9 Å². The van der Waals surface area contributed by atoms with Crippen molar-refractivity contribution < 1.29 is 27.1 Å². The molecule has 176 valence electrons. The van der Waals surface area contributed by atoms with Gasteiger partial charge in [-0.25, -0.2) is 12.8 Å². The number of likely N-dealkylation sites (tertiary alicyclic amines) is 1. The lowest BCUT2D eigenvalue weighted by Crippen LogP contribution is -2.35. The highest BCUT2D eigenvalue weighted by Crippen LogP contribution is 2.32. The van der Waals surface area contributed by atoms with Crippen molar-refractivity contribution in [2.24, 2.45) is 5.92 Å². The van der Waals surface area contributed by atoms with Gasteiger partial charge in [0, 0.05) is 24.7 Å². The van der Waals surface area contributed by atoms with Crippen LogP contribution in [0, 0.1) is 11.7 Å². The van der Waals surface area contributed by atoms with Crippen LogP contribution in [0.1, 0.15) is 32.1 Å². The number of rotatable bonds is 7. The van der Waals surface area contributed by atoms with Crippen LogP contribution in [0.5, 0.6) is 5.75 Å². The van der Waals surface area contributed by atoms with E-state index in [0.29, 0.717) is 12.2 Å². The summed E-state index contributed by atoms with van der Waals surface area (Å²) in [6, 6.07) is 9.22. The third-order valence-corrected chi connectivity index (χ3v) is 7.51. The molecule has 2 fully saturated rings. The molecule has 0 bridgehead atoms. The van der Waals surface area contributed by atoms with E-state index in [4.69, 9.17) is 4.74 Å². The summed E-state index contributed by atoms with van der Waals surface area (Å²) in [5.74, 6) is -1.04. The fraction of sp³-hybridized carbons (Fsp3) is 0.391. The molecule has 0 unspecified atom stereocenters. The average molecular weight is 476 g/mol. The molecule has 33 heavy (non-hydrogen) atoms. The molecule has 4 rings (SSSR count). The molecule has 0 radical (unpaired) electrons. The first-order valence-electron chi connectivity index (χ1n) is 10.8. The van der Waals surface area contributed by atoms with Crippen molar-refractivity contribution in [2.45, 2.75) is 43.0 Å². The van der Waals surface area contributed by atoms with Crippen molar-refractivity contribution in [3.05, 3.63) is 48.3 Å². The zero-order valence-electron chi connectivity index (χ0n) is 18.2. The van der Waals surface area contributed by atoms with E-state index in [9.17, 15) is 22.4 Å². The molecule has 1 saturated heterocycles. The quantitative estimate of drug-likeness (QED) is 0.639. The van der Waals surface area contributed by atoms with Crippen LogP contribution in [0.4, 0.5) is 15.8 Å². The zero-order valence-corrected chi connectivity index (χ0v) is 19.0. The lowest BCUT2D eigenvalue weighted by molar-refractivity contribution is -0.129. The number of nitrogens with zero attached hydrogens (tertiary/aromatic N) is 1. The number of anilines is 2. The Kier molecular flexibility index (Phi) is 6.55. The highest BCUT2D eigenvalue weighted by Gasteiger charge is 2.38. The monoisotopic (exact) mass is 475 g/mol. The predicted molar refractivity (Wildman–Crippen MR) is 121 cm³/mol. The van der Waals surface area contributed by atoms with Crippen LogP contribution in [0.3, 0.4) is 0 Å². The van der Waals surface area contributed by atoms with E-state index in [1.165, 1.54) is 19.2 Å². The number of sulfonamides is 1. The van der Waals surface area contributed by atoms with Gasteiger partial charge in [0.2, 0.25) is 11.8 Å². The van der Waals surface area contributed by atoms with Crippen LogP contribution in [-0.2, 0) is 19.6 Å². The van der Waals surface area contributed by atoms with Crippen molar-refractivity contribution in [1.29, 1.82) is 0 Å². The molecule has 1 aliphatic carbocycles. The van der Waals surface area contributed by atoms with Crippen LogP contribution in [0.15, 0.2) is 47.4 Å². The molecule has 0 spiro atoms. The van der Waals surface area contributed by atoms with Crippen LogP contribution < -0.4 is 14.8 Å². The van der Waals surface area contributed by atoms with Gasteiger partial charge in [-0.3, -0.25) is 14.3 Å². The number of carbonyl (C=O) groups is 2. The van der Waals surface area contributed by atoms with Gasteiger partial charge < -0.3 is 15.0 Å². The Bertz CT molecular complexity index is 1150. The van der Waals surface area contributed by atoms with Gasteiger partial charge in [0.25, 0.3) is 10.0 Å². The van der Waals surface area contributed by atoms with Crippen LogP contribution in [-0.4, -0.2) is 44.8 Å². The fourth-order valence-electron chi connectivity index (χ4n) is 4.40. The SMILES string of the molecule is COc1ccc(NC(=O)[C@@H]2CC(=O)N(C3CCCC3)C2)cc1NS(=O)(=O)c1ccc(F)cc1. The summed E-state index contributed by atoms with van der Waals surface area (Å²) in [6.45, 7) is 0.398. The number of benzene rings is 2. The molecular formula is C23H26FN3O5S. The molecule has 2 aromatic carbocycles. The maximum absolute atomic E-state index is 13.2. The average Bonchev–Trinajstić information content (AvgIpc) is 3.43. The van der Waals surface area contributed by atoms with Gasteiger partial charge in [0.05, 0.1) is 23.6 Å². The number of amides is 2. The third-order valence-electron chi connectivity index (χ3n) is 6.13. The van der Waals surface area contributed by atoms with Crippen molar-refractivity contribution in [2.75, 3.05) is 23.7 Å². The maximum atomic E-state index is 13.2. The number of nitrogens with one attached hydrogen (secondary N) is 2. The van der Waals surface area contributed by atoms with Gasteiger partial charge in [-0.2, -0.15) is 0 Å². The summed E-state index contributed by atoms with van der Waals surface area (Å²) < 4.78 is 46.2. The molecule has 2 aromatic rings. The van der Waals surface area contributed by atoms with Crippen LogP contribution in [0.2, 0.25) is 0 Å². The lowest BCUT2D eigenvalue weighted by Gasteiger charge is -2.23. The third kappa shape index (κ3) is 5.11. The molecule has 2 amide bonds. The fourth-order valence-corrected chi connectivity index (χ4v) is 5.46. The molecular weight excluding hydrogens is 449 g/mol. The Morgan fingerprint density at radius 1 is 1.12 bits per heavy atom. The Morgan fingerprint density at radius 2 is 1.82 bits per heavy atom. The number of ether oxygens (including phenoxy) is 1. The molecule has 10 heteroatoms. The topological polar surface area (TPSA) is 105 Å². The first-order chi connectivity index (χ1) is 15.8. The number of methoxy groups -OCH3 is 1. The predicted octanol–water partition coefficient (Wildman–Crippen LogP) is 3.36. The second-order valence-electron chi connectivity index (χ2n) is 8.35. The Labute approximate surface area is 192 Å². The van der Waals surface area contributed by atoms with Gasteiger partial charge in [0.15, 0.2) is 0 Å². The molecule has 1 atom stereocenters. The number of carbonyl (C=O) groups excluding carboxylic acids is 2. The standard InChI is InChI=1S/C23H26FN3O5S/c1-32-21-11-8-17(13-20(21)26-33(30,31)19-9-6-16(24)7-10-19)25-23(29)15-12-22(28)27(14-15)18-4-2-3-5-18/h6-11,13,15,18,26H,2-5,12,14H2,1H3,(H,25,29)/t15-/m1/s1. The van der Waals surface area contributed by atoms with Crippen LogP contribution >= 0.6 is 0 Å². The van der Waals surface area contributed by atoms with Crippen molar-refractivity contribution in [3.8, 4) is 5.75 Å². The lowest BCUT2D eigenvalue weighted by atomic mass is 10.1. The Balaban J connectivity index is 1.48. The minimum Gasteiger partial charge on any atom is -0.495 e. The number of hydrogen-bond donors (Lipinski definition) is 2. The second kappa shape index (κ2) is 9.38. The van der Waals surface area contributed by atoms with E-state index >= 15 is 0 Å². The van der Waals surface area contributed by atoms with Crippen molar-refractivity contribution in [3.63, 3.8) is 0 Å². The highest BCUT2D eigenvalue weighted by molar-refractivity contribution is 7.92. The minimum absolute atomic E-state index is 0.00419. The number of halogens is 1. The summed E-state index contributed by atoms with van der Waals surface area (Å²) in [7, 11) is -2.61. The number of hydrogen-bond acceptors (Lipinski definition) is 5. The maximum Gasteiger partial charge on any atom is 0.262 e. The normalized spacial score (nSPS) is 19.0. The summed E-state index contributed by atoms with van der Waals surface area (Å²) >= 11 is 0. The second-order valence-corrected chi connectivity index (χ2v) is 10.0. The highest BCUT2D eigenvalue weighted by atomic mass is 32.2. The summed E-state index contributed by atoms with van der Waals surface area (Å²) in [5, 5.41) is 2.78. The molecule has 0 aromatic heterocycles. The van der Waals surface area contributed by atoms with Crippen molar-refractivity contribution >= 4 is 33.2 Å². The van der Waals surface area contributed by atoms with Gasteiger partial charge in [0.1, 0.15) is 11.6 Å². The molecule has 8 nitrogen and oxygen atoms in total. The first kappa shape index (κ1) is 23.0. The van der Waals surface area contributed by atoms with E-state index in [1.807, 2.05) is 4.90 Å². The van der Waals surface area contributed by atoms with Gasteiger partial charge >= 0.3 is 0 Å². The summed E-state index contributed by atoms with van der Waals surface area (Å²) in [5.41, 5.74) is 0.485. The minimum atomic E-state index is -4.01. The van der Waals surface area contributed by atoms with Gasteiger partial charge in [-0.05, 0) is 55.3 Å². The van der Waals surface area contributed by atoms with E-state index in [2.05, 4.69) is 10.0 Å². The largest absolute Gasteiger partial charge is 0.495 e. The smallest absolute Gasteiger partial charge is 0.262 e. The Morgan fingerprint density at radius 3 is 2.48 bits per heavy atom. The van der Waals surface area contributed by atoms with Crippen molar-refractivity contribution in [1.82, 2.24) is 4.90 Å². The van der Waals surface area contributed by atoms with E-state index in [-0.39, 0.29) is 40.6 Å². The zero-order chi connectivity index (χ0) is 23.6. The van der Waals surface area contributed by atoms with Gasteiger partial charge in [-0.1, -0.05) is 12.8 Å². The molecule has 1 heterocycles. The summed E-state index contributed by atoms with van der Waals surface area (Å²) in [6.07, 6.45) is 4.34. The van der Waals surface area contributed by atoms with Crippen LogP contribution in [0.25, 0.3) is 0 Å². The molecule has 2 N–H and O–H groups in total. The Hall–Kier alpha value is -3.14. The van der Waals surface area contributed by atoms with E-state index in [1.54, 1.807) is 6.07 Å². The van der Waals surface area contributed by atoms with Gasteiger partial charge in [-0.15, -0.1) is 0 Å².